The zero-order valence-electron chi connectivity index (χ0n) is 24.2. The number of hydrogen-bond donors (Lipinski definition) is 0. The Morgan fingerprint density at radius 2 is 0.711 bits per heavy atom. The van der Waals surface area contributed by atoms with E-state index in [1.165, 1.54) is 84.0 Å². The van der Waals surface area contributed by atoms with Crippen molar-refractivity contribution < 1.29 is 0 Å². The lowest BCUT2D eigenvalue weighted by Gasteiger charge is -2.26. The van der Waals surface area contributed by atoms with E-state index in [4.69, 9.17) is 0 Å². The van der Waals surface area contributed by atoms with Gasteiger partial charge in [-0.15, -0.1) is 22.7 Å². The van der Waals surface area contributed by atoms with Crippen LogP contribution < -0.4 is 4.90 Å². The van der Waals surface area contributed by atoms with Crippen LogP contribution in [0, 0.1) is 0 Å². The SMILES string of the molecule is c1ccc2c(c1)ccc1c3cc(N(c4ccc5c(c4)sc4ccccc45)c4ccc5c(c4)sc4ccccc45)ccc3ccc21. The highest BCUT2D eigenvalue weighted by molar-refractivity contribution is 7.26. The fourth-order valence-corrected chi connectivity index (χ4v) is 9.38. The fraction of sp³-hybridized carbons (Fsp3) is 0. The molecule has 0 aliphatic heterocycles. The summed E-state index contributed by atoms with van der Waals surface area (Å²) in [4.78, 5) is 2.44. The van der Waals surface area contributed by atoms with Crippen molar-refractivity contribution in [2.45, 2.75) is 0 Å². The highest BCUT2D eigenvalue weighted by atomic mass is 32.1. The molecule has 0 N–H and O–H groups in total. The van der Waals surface area contributed by atoms with Crippen molar-refractivity contribution in [3.05, 3.63) is 152 Å². The smallest absolute Gasteiger partial charge is 0.0476 e. The molecular weight excluding hydrogens is 583 g/mol. The lowest BCUT2D eigenvalue weighted by atomic mass is 9.96. The number of anilines is 3. The van der Waals surface area contributed by atoms with Crippen molar-refractivity contribution >= 4 is 112 Å². The van der Waals surface area contributed by atoms with Gasteiger partial charge in [0.05, 0.1) is 0 Å². The van der Waals surface area contributed by atoms with Gasteiger partial charge >= 0.3 is 0 Å². The first-order valence-electron chi connectivity index (χ1n) is 15.3. The van der Waals surface area contributed by atoms with Gasteiger partial charge in [-0.25, -0.2) is 0 Å². The minimum Gasteiger partial charge on any atom is -0.310 e. The second kappa shape index (κ2) is 9.64. The molecule has 45 heavy (non-hydrogen) atoms. The van der Waals surface area contributed by atoms with Crippen LogP contribution in [-0.4, -0.2) is 0 Å². The van der Waals surface area contributed by atoms with Crippen molar-refractivity contribution in [2.75, 3.05) is 4.90 Å². The Kier molecular flexibility index (Phi) is 5.39. The van der Waals surface area contributed by atoms with Crippen LogP contribution in [0.5, 0.6) is 0 Å². The standard InChI is InChI=1S/C42H25NS2/c1-2-8-31-26(7-1)14-20-33-32(31)19-15-27-13-16-28(23-38(27)33)43(29-17-21-36-34-9-3-5-11-39(34)44-41(36)24-29)30-18-22-37-35-10-4-6-12-40(35)45-42(37)25-30/h1-25H. The molecule has 2 aromatic heterocycles. The number of thiophene rings is 2. The largest absolute Gasteiger partial charge is 0.310 e. The molecule has 8 aromatic carbocycles. The molecule has 2 heterocycles. The Balaban J connectivity index is 1.23. The van der Waals surface area contributed by atoms with Gasteiger partial charge in [0.25, 0.3) is 0 Å². The zero-order chi connectivity index (χ0) is 29.5. The first-order chi connectivity index (χ1) is 22.3. The highest BCUT2D eigenvalue weighted by Crippen LogP contribution is 2.44. The van der Waals surface area contributed by atoms with Gasteiger partial charge in [0.15, 0.2) is 0 Å². The van der Waals surface area contributed by atoms with E-state index in [0.717, 1.165) is 5.69 Å². The predicted molar refractivity (Wildman–Crippen MR) is 199 cm³/mol. The zero-order valence-corrected chi connectivity index (χ0v) is 25.8. The van der Waals surface area contributed by atoms with Crippen molar-refractivity contribution in [2.24, 2.45) is 0 Å². The van der Waals surface area contributed by atoms with Gasteiger partial charge in [0.1, 0.15) is 0 Å². The molecule has 0 saturated carbocycles. The van der Waals surface area contributed by atoms with E-state index in [2.05, 4.69) is 157 Å². The van der Waals surface area contributed by atoms with Crippen LogP contribution in [0.4, 0.5) is 17.1 Å². The Hall–Kier alpha value is -5.22. The molecule has 0 aliphatic rings. The first-order valence-corrected chi connectivity index (χ1v) is 16.9. The number of hydrogen-bond acceptors (Lipinski definition) is 3. The van der Waals surface area contributed by atoms with E-state index in [1.807, 2.05) is 22.7 Å². The first kappa shape index (κ1) is 25.1. The lowest BCUT2D eigenvalue weighted by Crippen LogP contribution is -2.09. The van der Waals surface area contributed by atoms with Crippen LogP contribution in [0.2, 0.25) is 0 Å². The maximum atomic E-state index is 2.44. The van der Waals surface area contributed by atoms with Gasteiger partial charge < -0.3 is 4.90 Å². The molecule has 0 fully saturated rings. The lowest BCUT2D eigenvalue weighted by molar-refractivity contribution is 1.30. The molecule has 0 atom stereocenters. The Morgan fingerprint density at radius 3 is 1.36 bits per heavy atom. The number of benzene rings is 8. The van der Waals surface area contributed by atoms with Crippen molar-refractivity contribution in [1.29, 1.82) is 0 Å². The quantitative estimate of drug-likeness (QED) is 0.181. The monoisotopic (exact) mass is 607 g/mol. The maximum absolute atomic E-state index is 2.44. The molecule has 10 rings (SSSR count). The third-order valence-corrected chi connectivity index (χ3v) is 11.5. The number of rotatable bonds is 3. The van der Waals surface area contributed by atoms with Gasteiger partial charge in [-0.1, -0.05) is 103 Å². The van der Waals surface area contributed by atoms with Crippen LogP contribution in [0.3, 0.4) is 0 Å². The van der Waals surface area contributed by atoms with Crippen molar-refractivity contribution in [3.63, 3.8) is 0 Å². The van der Waals surface area contributed by atoms with Crippen LogP contribution in [0.25, 0.3) is 72.7 Å². The summed E-state index contributed by atoms with van der Waals surface area (Å²) in [5.41, 5.74) is 3.49. The van der Waals surface area contributed by atoms with E-state index in [1.54, 1.807) is 0 Å². The van der Waals surface area contributed by atoms with Gasteiger partial charge in [-0.2, -0.15) is 0 Å². The van der Waals surface area contributed by atoms with Crippen LogP contribution in [0.15, 0.2) is 152 Å². The van der Waals surface area contributed by atoms with Crippen molar-refractivity contribution in [1.82, 2.24) is 0 Å². The maximum Gasteiger partial charge on any atom is 0.0476 e. The molecular formula is C42H25NS2. The second-order valence-corrected chi connectivity index (χ2v) is 13.9. The van der Waals surface area contributed by atoms with E-state index < -0.39 is 0 Å². The van der Waals surface area contributed by atoms with Gasteiger partial charge in [-0.05, 0) is 80.8 Å². The third-order valence-electron chi connectivity index (χ3n) is 9.23. The fourth-order valence-electron chi connectivity index (χ4n) is 7.10. The Bertz CT molecular complexity index is 2670. The summed E-state index contributed by atoms with van der Waals surface area (Å²) in [7, 11) is 0. The van der Waals surface area contributed by atoms with E-state index in [0.29, 0.717) is 0 Å². The van der Waals surface area contributed by atoms with Gasteiger partial charge in [-0.3, -0.25) is 0 Å². The molecule has 0 unspecified atom stereocenters. The summed E-state index contributed by atoms with van der Waals surface area (Å²) >= 11 is 3.74. The molecule has 0 radical (unpaired) electrons. The summed E-state index contributed by atoms with van der Waals surface area (Å²) in [6.45, 7) is 0. The third kappa shape index (κ3) is 3.85. The number of fused-ring (bicyclic) bond motifs is 11. The molecule has 1 nitrogen and oxygen atoms in total. The molecule has 0 spiro atoms. The molecule has 0 aliphatic carbocycles. The van der Waals surface area contributed by atoms with Crippen LogP contribution >= 0.6 is 22.7 Å². The number of nitrogens with zero attached hydrogens (tertiary/aromatic N) is 1. The van der Waals surface area contributed by atoms with Crippen LogP contribution in [-0.2, 0) is 0 Å². The molecule has 10 aromatic rings. The molecule has 3 heteroatoms. The molecule has 210 valence electrons. The summed E-state index contributed by atoms with van der Waals surface area (Å²) < 4.78 is 5.26. The van der Waals surface area contributed by atoms with Crippen LogP contribution in [0.1, 0.15) is 0 Å². The topological polar surface area (TPSA) is 3.24 Å². The minimum atomic E-state index is 1.16. The van der Waals surface area contributed by atoms with Crippen molar-refractivity contribution in [3.8, 4) is 0 Å². The Labute approximate surface area is 267 Å². The van der Waals surface area contributed by atoms with Gasteiger partial charge in [0, 0.05) is 57.4 Å². The molecule has 0 bridgehead atoms. The van der Waals surface area contributed by atoms with E-state index in [-0.39, 0.29) is 0 Å². The van der Waals surface area contributed by atoms with E-state index >= 15 is 0 Å². The molecule has 0 saturated heterocycles. The predicted octanol–water partition coefficient (Wildman–Crippen LogP) is 13.4. The average molecular weight is 608 g/mol. The normalized spacial score (nSPS) is 12.0. The van der Waals surface area contributed by atoms with E-state index in [9.17, 15) is 0 Å². The highest BCUT2D eigenvalue weighted by Gasteiger charge is 2.17. The minimum absolute atomic E-state index is 1.16. The summed E-state index contributed by atoms with van der Waals surface area (Å²) in [5, 5.41) is 13.0. The summed E-state index contributed by atoms with van der Waals surface area (Å²) in [6, 6.07) is 56.1. The summed E-state index contributed by atoms with van der Waals surface area (Å²) in [6.07, 6.45) is 0. The average Bonchev–Trinajstić information content (AvgIpc) is 3.65. The second-order valence-electron chi connectivity index (χ2n) is 11.7. The summed E-state index contributed by atoms with van der Waals surface area (Å²) in [5.74, 6) is 0. The Morgan fingerprint density at radius 1 is 0.289 bits per heavy atom. The molecule has 0 amide bonds. The van der Waals surface area contributed by atoms with Gasteiger partial charge in [0.2, 0.25) is 0 Å².